The van der Waals surface area contributed by atoms with Gasteiger partial charge in [-0.05, 0) is 44.2 Å². The molecule has 0 atom stereocenters. The Bertz CT molecular complexity index is 441. The lowest BCUT2D eigenvalue weighted by Gasteiger charge is -2.07. The van der Waals surface area contributed by atoms with E-state index in [2.05, 4.69) is 19.1 Å². The Kier molecular flexibility index (Phi) is 18.1. The smallest absolute Gasteiger partial charge is 0.119 e. The normalized spacial score (nSPS) is 11.3. The van der Waals surface area contributed by atoms with Crippen LogP contribution in [0.3, 0.4) is 0 Å². The van der Waals surface area contributed by atoms with Crippen LogP contribution in [0.1, 0.15) is 96.8 Å². The summed E-state index contributed by atoms with van der Waals surface area (Å²) in [6.45, 7) is 4.46. The molecule has 0 aliphatic carbocycles. The van der Waals surface area contributed by atoms with E-state index in [1.165, 1.54) is 89.9 Å². The number of hydrogen-bond acceptors (Lipinski definition) is 2. The molecule has 0 aliphatic heterocycles. The van der Waals surface area contributed by atoms with Gasteiger partial charge in [-0.1, -0.05) is 95.1 Å². The fourth-order valence-corrected chi connectivity index (χ4v) is 3.29. The molecule has 0 aromatic heterocycles. The fourth-order valence-electron chi connectivity index (χ4n) is 3.29. The predicted octanol–water partition coefficient (Wildman–Crippen LogP) is 8.12. The quantitative estimate of drug-likeness (QED) is 0.166. The van der Waals surface area contributed by atoms with Crippen LogP contribution in [0, 0.1) is 0 Å². The van der Waals surface area contributed by atoms with Crippen molar-refractivity contribution in [2.45, 2.75) is 96.8 Å². The largest absolute Gasteiger partial charge is 0.491 e. The van der Waals surface area contributed by atoms with Crippen molar-refractivity contribution in [1.82, 2.24) is 0 Å². The molecular formula is C26H44O2. The van der Waals surface area contributed by atoms with Crippen LogP contribution in [-0.4, -0.2) is 19.8 Å². The number of unbranched alkanes of at least 4 members (excludes halogenated alkanes) is 12. The van der Waals surface area contributed by atoms with Gasteiger partial charge in [-0.25, -0.2) is 0 Å². The Morgan fingerprint density at radius 1 is 0.607 bits per heavy atom. The topological polar surface area (TPSA) is 18.5 Å². The molecule has 0 N–H and O–H groups in total. The molecule has 0 bridgehead atoms. The number of ether oxygens (including phenoxy) is 2. The van der Waals surface area contributed by atoms with Crippen molar-refractivity contribution in [3.8, 4) is 5.75 Å². The number of hydrogen-bond donors (Lipinski definition) is 0. The molecule has 0 radical (unpaired) electrons. The highest BCUT2D eigenvalue weighted by atomic mass is 16.5. The summed E-state index contributed by atoms with van der Waals surface area (Å²) in [5.41, 5.74) is 0. The van der Waals surface area contributed by atoms with Gasteiger partial charge in [0.1, 0.15) is 12.4 Å². The van der Waals surface area contributed by atoms with Crippen molar-refractivity contribution >= 4 is 0 Å². The summed E-state index contributed by atoms with van der Waals surface area (Å²) in [6, 6.07) is 9.93. The van der Waals surface area contributed by atoms with Crippen molar-refractivity contribution < 1.29 is 9.47 Å². The van der Waals surface area contributed by atoms with Crippen LogP contribution in [0.5, 0.6) is 5.75 Å². The van der Waals surface area contributed by atoms with Crippen LogP contribution in [0.2, 0.25) is 0 Å². The lowest BCUT2D eigenvalue weighted by Crippen LogP contribution is -2.07. The van der Waals surface area contributed by atoms with Gasteiger partial charge in [0.2, 0.25) is 0 Å². The third kappa shape index (κ3) is 16.9. The van der Waals surface area contributed by atoms with Crippen molar-refractivity contribution in [1.29, 1.82) is 0 Å². The molecule has 0 fully saturated rings. The molecule has 0 unspecified atom stereocenters. The molecule has 0 spiro atoms. The first-order valence-electron chi connectivity index (χ1n) is 11.8. The minimum atomic E-state index is 0.635. The summed E-state index contributed by atoms with van der Waals surface area (Å²) >= 11 is 0. The highest BCUT2D eigenvalue weighted by molar-refractivity contribution is 5.20. The van der Waals surface area contributed by atoms with E-state index in [0.29, 0.717) is 13.2 Å². The Balaban J connectivity index is 1.71. The summed E-state index contributed by atoms with van der Waals surface area (Å²) in [4.78, 5) is 0. The molecule has 2 heteroatoms. The molecule has 1 rings (SSSR count). The van der Waals surface area contributed by atoms with Crippen molar-refractivity contribution in [2.75, 3.05) is 19.8 Å². The van der Waals surface area contributed by atoms with Crippen molar-refractivity contribution in [3.05, 3.63) is 42.5 Å². The summed E-state index contributed by atoms with van der Waals surface area (Å²) in [5, 5.41) is 0. The van der Waals surface area contributed by atoms with Gasteiger partial charge in [-0.15, -0.1) is 0 Å². The molecule has 28 heavy (non-hydrogen) atoms. The second-order valence-corrected chi connectivity index (χ2v) is 7.71. The third-order valence-corrected chi connectivity index (χ3v) is 5.04. The second kappa shape index (κ2) is 20.5. The van der Waals surface area contributed by atoms with Crippen molar-refractivity contribution in [3.63, 3.8) is 0 Å². The minimum absolute atomic E-state index is 0.635. The maximum atomic E-state index is 5.64. The number of benzene rings is 1. The SMILES string of the molecule is CCCCCCCC/C=C\CCCCCCCCOCCOc1ccccc1. The van der Waals surface area contributed by atoms with Gasteiger partial charge in [0.15, 0.2) is 0 Å². The maximum absolute atomic E-state index is 5.64. The summed E-state index contributed by atoms with van der Waals surface area (Å²) in [6.07, 6.45) is 23.6. The molecule has 160 valence electrons. The van der Waals surface area contributed by atoms with E-state index in [1.807, 2.05) is 30.3 Å². The number of rotatable bonds is 20. The van der Waals surface area contributed by atoms with Gasteiger partial charge in [0.25, 0.3) is 0 Å². The molecule has 0 heterocycles. The molecule has 0 saturated carbocycles. The zero-order valence-corrected chi connectivity index (χ0v) is 18.4. The standard InChI is InChI=1S/C26H44O2/c1-2-3-4-5-6-7-8-9-10-11-12-13-14-15-16-20-23-27-24-25-28-26-21-18-17-19-22-26/h9-10,17-19,21-22H,2-8,11-16,20,23-25H2,1H3/b10-9-. The predicted molar refractivity (Wildman–Crippen MR) is 122 cm³/mol. The van der Waals surface area contributed by atoms with Gasteiger partial charge in [0, 0.05) is 6.61 Å². The maximum Gasteiger partial charge on any atom is 0.119 e. The van der Waals surface area contributed by atoms with Gasteiger partial charge >= 0.3 is 0 Å². The zero-order chi connectivity index (χ0) is 20.0. The van der Waals surface area contributed by atoms with Crippen molar-refractivity contribution in [2.24, 2.45) is 0 Å². The molecule has 1 aromatic rings. The average Bonchev–Trinajstić information content (AvgIpc) is 2.73. The summed E-state index contributed by atoms with van der Waals surface area (Å²) in [5.74, 6) is 0.920. The lowest BCUT2D eigenvalue weighted by molar-refractivity contribution is 0.0970. The van der Waals surface area contributed by atoms with E-state index in [1.54, 1.807) is 0 Å². The van der Waals surface area contributed by atoms with E-state index in [-0.39, 0.29) is 0 Å². The molecule has 0 saturated heterocycles. The van der Waals surface area contributed by atoms with Gasteiger partial charge < -0.3 is 9.47 Å². The van der Waals surface area contributed by atoms with Crippen LogP contribution in [0.4, 0.5) is 0 Å². The third-order valence-electron chi connectivity index (χ3n) is 5.04. The molecule has 0 aliphatic rings. The van der Waals surface area contributed by atoms with Crippen LogP contribution in [0.15, 0.2) is 42.5 Å². The second-order valence-electron chi connectivity index (χ2n) is 7.71. The lowest BCUT2D eigenvalue weighted by atomic mass is 10.1. The Labute approximate surface area is 174 Å². The minimum Gasteiger partial charge on any atom is -0.491 e. The first-order valence-corrected chi connectivity index (χ1v) is 11.8. The van der Waals surface area contributed by atoms with Gasteiger partial charge in [0.05, 0.1) is 6.61 Å². The first kappa shape index (κ1) is 24.8. The van der Waals surface area contributed by atoms with E-state index in [0.717, 1.165) is 12.4 Å². The van der Waals surface area contributed by atoms with Crippen LogP contribution >= 0.6 is 0 Å². The highest BCUT2D eigenvalue weighted by Gasteiger charge is 1.94. The first-order chi connectivity index (χ1) is 13.9. The molecule has 2 nitrogen and oxygen atoms in total. The fraction of sp³-hybridized carbons (Fsp3) is 0.692. The Morgan fingerprint density at radius 2 is 1.18 bits per heavy atom. The van der Waals surface area contributed by atoms with E-state index >= 15 is 0 Å². The summed E-state index contributed by atoms with van der Waals surface area (Å²) in [7, 11) is 0. The summed E-state index contributed by atoms with van der Waals surface area (Å²) < 4.78 is 11.2. The average molecular weight is 389 g/mol. The number of allylic oxidation sites excluding steroid dienone is 2. The van der Waals surface area contributed by atoms with Crippen LogP contribution < -0.4 is 4.74 Å². The molecule has 1 aromatic carbocycles. The van der Waals surface area contributed by atoms with Gasteiger partial charge in [-0.3, -0.25) is 0 Å². The zero-order valence-electron chi connectivity index (χ0n) is 18.4. The Morgan fingerprint density at radius 3 is 1.82 bits per heavy atom. The molecule has 0 amide bonds. The Hall–Kier alpha value is -1.28. The monoisotopic (exact) mass is 388 g/mol. The van der Waals surface area contributed by atoms with E-state index < -0.39 is 0 Å². The number of para-hydroxylation sites is 1. The highest BCUT2D eigenvalue weighted by Crippen LogP contribution is 2.10. The van der Waals surface area contributed by atoms with Gasteiger partial charge in [-0.2, -0.15) is 0 Å². The van der Waals surface area contributed by atoms with E-state index in [9.17, 15) is 0 Å². The van der Waals surface area contributed by atoms with Crippen LogP contribution in [-0.2, 0) is 4.74 Å². The molecular weight excluding hydrogens is 344 g/mol. The van der Waals surface area contributed by atoms with Crippen LogP contribution in [0.25, 0.3) is 0 Å². The van der Waals surface area contributed by atoms with E-state index in [4.69, 9.17) is 9.47 Å².